The van der Waals surface area contributed by atoms with Gasteiger partial charge in [0, 0.05) is 12.5 Å². The molecule has 0 heterocycles. The molecule has 0 aliphatic rings. The summed E-state index contributed by atoms with van der Waals surface area (Å²) in [6.45, 7) is 0.486. The lowest BCUT2D eigenvalue weighted by Gasteiger charge is -2.06. The summed E-state index contributed by atoms with van der Waals surface area (Å²) in [6.07, 6.45) is 1.83. The number of unbranched alkanes of at least 4 members (excludes halogenated alkanes) is 1. The lowest BCUT2D eigenvalue weighted by Crippen LogP contribution is -2.29. The van der Waals surface area contributed by atoms with E-state index in [-0.39, 0.29) is 5.91 Å². The number of nitrogens with one attached hydrogen (secondary N) is 1. The molecule has 96 valence electrons. The fourth-order valence-corrected chi connectivity index (χ4v) is 1.54. The average molecular weight is 268 g/mol. The van der Waals surface area contributed by atoms with Crippen LogP contribution in [0.15, 0.2) is 18.2 Å². The van der Waals surface area contributed by atoms with Crippen molar-refractivity contribution in [2.75, 3.05) is 6.61 Å². The minimum absolute atomic E-state index is 0.184. The van der Waals surface area contributed by atoms with Crippen LogP contribution in [0.5, 0.6) is 5.75 Å². The first-order valence-electron chi connectivity index (χ1n) is 5.49. The molecule has 0 spiro atoms. The third-order valence-electron chi connectivity index (χ3n) is 2.29. The quantitative estimate of drug-likeness (QED) is 0.356. The summed E-state index contributed by atoms with van der Waals surface area (Å²) < 4.78 is 5.44. The Bertz CT molecular complexity index is 457. The van der Waals surface area contributed by atoms with Gasteiger partial charge in [0.2, 0.25) is 5.91 Å². The molecule has 0 aliphatic carbocycles. The highest BCUT2D eigenvalue weighted by molar-refractivity contribution is 6.31. The number of nitrogens with two attached hydrogens (primary N) is 1. The number of nitriles is 1. The van der Waals surface area contributed by atoms with Crippen molar-refractivity contribution in [3.05, 3.63) is 28.8 Å². The summed E-state index contributed by atoms with van der Waals surface area (Å²) in [7, 11) is 0. The van der Waals surface area contributed by atoms with Crippen molar-refractivity contribution in [2.45, 2.75) is 19.3 Å². The monoisotopic (exact) mass is 267 g/mol. The molecule has 1 aromatic carbocycles. The fourth-order valence-electron chi connectivity index (χ4n) is 1.33. The third-order valence-corrected chi connectivity index (χ3v) is 2.60. The minimum atomic E-state index is -0.184. The van der Waals surface area contributed by atoms with Crippen molar-refractivity contribution in [1.82, 2.24) is 5.43 Å². The first-order chi connectivity index (χ1) is 8.67. The largest absolute Gasteiger partial charge is 0.494 e. The van der Waals surface area contributed by atoms with Crippen LogP contribution >= 0.6 is 11.6 Å². The number of ether oxygens (including phenoxy) is 1. The van der Waals surface area contributed by atoms with E-state index in [1.807, 2.05) is 6.07 Å². The Morgan fingerprint density at radius 1 is 1.50 bits per heavy atom. The van der Waals surface area contributed by atoms with Crippen LogP contribution in [0.1, 0.15) is 24.8 Å². The normalized spacial score (nSPS) is 9.61. The SMILES string of the molecule is N#Cc1ccc(OCCCCC(=O)NN)cc1Cl. The van der Waals surface area contributed by atoms with Gasteiger partial charge in [-0.05, 0) is 25.0 Å². The number of hydrazine groups is 1. The van der Waals surface area contributed by atoms with Gasteiger partial charge < -0.3 is 4.74 Å². The van der Waals surface area contributed by atoms with Crippen LogP contribution in [0.4, 0.5) is 0 Å². The van der Waals surface area contributed by atoms with Crippen molar-refractivity contribution >= 4 is 17.5 Å². The molecular weight excluding hydrogens is 254 g/mol. The molecular formula is C12H14ClN3O2. The lowest BCUT2D eigenvalue weighted by atomic mass is 10.2. The van der Waals surface area contributed by atoms with Crippen molar-refractivity contribution in [3.8, 4) is 11.8 Å². The summed E-state index contributed by atoms with van der Waals surface area (Å²) in [5.74, 6) is 5.38. The van der Waals surface area contributed by atoms with E-state index >= 15 is 0 Å². The van der Waals surface area contributed by atoms with E-state index in [2.05, 4.69) is 5.43 Å². The predicted molar refractivity (Wildman–Crippen MR) is 67.8 cm³/mol. The first-order valence-corrected chi connectivity index (χ1v) is 5.87. The predicted octanol–water partition coefficient (Wildman–Crippen LogP) is 1.75. The van der Waals surface area contributed by atoms with Gasteiger partial charge in [-0.3, -0.25) is 10.2 Å². The molecule has 0 unspecified atom stereocenters. The van der Waals surface area contributed by atoms with E-state index in [4.69, 9.17) is 27.4 Å². The Hall–Kier alpha value is -1.77. The average Bonchev–Trinajstić information content (AvgIpc) is 2.38. The highest BCUT2D eigenvalue weighted by atomic mass is 35.5. The summed E-state index contributed by atoms with van der Waals surface area (Å²) >= 11 is 5.86. The number of carbonyl (C=O) groups excluding carboxylic acids is 1. The van der Waals surface area contributed by atoms with Crippen LogP contribution < -0.4 is 16.0 Å². The van der Waals surface area contributed by atoms with Gasteiger partial charge in [-0.15, -0.1) is 0 Å². The second-order valence-corrected chi connectivity index (χ2v) is 4.03. The molecule has 0 saturated heterocycles. The maximum atomic E-state index is 10.8. The number of halogens is 1. The van der Waals surface area contributed by atoms with Crippen molar-refractivity contribution in [2.24, 2.45) is 5.84 Å². The Morgan fingerprint density at radius 3 is 2.89 bits per heavy atom. The van der Waals surface area contributed by atoms with Crippen molar-refractivity contribution in [3.63, 3.8) is 0 Å². The molecule has 6 heteroatoms. The lowest BCUT2D eigenvalue weighted by molar-refractivity contribution is -0.121. The maximum absolute atomic E-state index is 10.8. The molecule has 1 rings (SSSR count). The van der Waals surface area contributed by atoms with Gasteiger partial charge in [0.1, 0.15) is 11.8 Å². The first kappa shape index (κ1) is 14.3. The summed E-state index contributed by atoms with van der Waals surface area (Å²) in [4.78, 5) is 10.8. The van der Waals surface area contributed by atoms with Gasteiger partial charge in [-0.2, -0.15) is 5.26 Å². The molecule has 0 bridgehead atoms. The molecule has 18 heavy (non-hydrogen) atoms. The number of benzene rings is 1. The van der Waals surface area contributed by atoms with Gasteiger partial charge in [-0.25, -0.2) is 5.84 Å². The second kappa shape index (κ2) is 7.54. The number of hydrogen-bond acceptors (Lipinski definition) is 4. The highest BCUT2D eigenvalue weighted by Gasteiger charge is 2.02. The molecule has 0 aliphatic heterocycles. The minimum Gasteiger partial charge on any atom is -0.494 e. The second-order valence-electron chi connectivity index (χ2n) is 3.63. The van der Waals surface area contributed by atoms with E-state index in [9.17, 15) is 4.79 Å². The van der Waals surface area contributed by atoms with Gasteiger partial charge in [0.05, 0.1) is 17.2 Å². The Labute approximate surface area is 110 Å². The molecule has 0 atom stereocenters. The van der Waals surface area contributed by atoms with Gasteiger partial charge in [-0.1, -0.05) is 11.6 Å². The Balaban J connectivity index is 2.30. The van der Waals surface area contributed by atoms with Crippen LogP contribution in [-0.2, 0) is 4.79 Å². The van der Waals surface area contributed by atoms with Gasteiger partial charge in [0.25, 0.3) is 0 Å². The van der Waals surface area contributed by atoms with E-state index in [0.717, 1.165) is 6.42 Å². The molecule has 0 fully saturated rings. The molecule has 0 saturated carbocycles. The number of nitrogens with zero attached hydrogens (tertiary/aromatic N) is 1. The van der Waals surface area contributed by atoms with Crippen LogP contribution in [0, 0.1) is 11.3 Å². The van der Waals surface area contributed by atoms with Gasteiger partial charge in [0.15, 0.2) is 0 Å². The molecule has 0 radical (unpaired) electrons. The van der Waals surface area contributed by atoms with E-state index in [1.165, 1.54) is 0 Å². The van der Waals surface area contributed by atoms with Crippen molar-refractivity contribution in [1.29, 1.82) is 5.26 Å². The highest BCUT2D eigenvalue weighted by Crippen LogP contribution is 2.21. The summed E-state index contributed by atoms with van der Waals surface area (Å²) in [6, 6.07) is 6.88. The fraction of sp³-hybridized carbons (Fsp3) is 0.333. The molecule has 1 amide bonds. The topological polar surface area (TPSA) is 88.1 Å². The summed E-state index contributed by atoms with van der Waals surface area (Å²) in [5.41, 5.74) is 2.49. The van der Waals surface area contributed by atoms with E-state index < -0.39 is 0 Å². The van der Waals surface area contributed by atoms with Crippen LogP contribution in [0.2, 0.25) is 5.02 Å². The van der Waals surface area contributed by atoms with Crippen LogP contribution in [0.3, 0.4) is 0 Å². The number of hydrogen-bond donors (Lipinski definition) is 2. The molecule has 5 nitrogen and oxygen atoms in total. The smallest absolute Gasteiger partial charge is 0.233 e. The zero-order valence-corrected chi connectivity index (χ0v) is 10.5. The maximum Gasteiger partial charge on any atom is 0.233 e. The third kappa shape index (κ3) is 4.62. The van der Waals surface area contributed by atoms with Crippen LogP contribution in [0.25, 0.3) is 0 Å². The zero-order valence-electron chi connectivity index (χ0n) is 9.78. The molecule has 3 N–H and O–H groups in total. The Morgan fingerprint density at radius 2 is 2.28 bits per heavy atom. The van der Waals surface area contributed by atoms with E-state index in [0.29, 0.717) is 35.8 Å². The number of rotatable bonds is 6. The van der Waals surface area contributed by atoms with Gasteiger partial charge >= 0.3 is 0 Å². The Kier molecular flexibility index (Phi) is 5.98. The number of carbonyl (C=O) groups is 1. The summed E-state index contributed by atoms with van der Waals surface area (Å²) in [5, 5.41) is 9.08. The van der Waals surface area contributed by atoms with Crippen LogP contribution in [-0.4, -0.2) is 12.5 Å². The van der Waals surface area contributed by atoms with Crippen molar-refractivity contribution < 1.29 is 9.53 Å². The zero-order chi connectivity index (χ0) is 13.4. The standard InChI is InChI=1S/C12H14ClN3O2/c13-11-7-10(5-4-9(11)8-14)18-6-2-1-3-12(17)16-15/h4-5,7H,1-3,6,15H2,(H,16,17). The molecule has 1 aromatic rings. The molecule has 0 aromatic heterocycles. The van der Waals surface area contributed by atoms with E-state index in [1.54, 1.807) is 18.2 Å². The number of amides is 1.